The van der Waals surface area contributed by atoms with Crippen LogP contribution in [-0.4, -0.2) is 79.6 Å². The fourth-order valence-electron chi connectivity index (χ4n) is 3.56. The third-order valence-electron chi connectivity index (χ3n) is 5.32. The Morgan fingerprint density at radius 3 is 2.19 bits per heavy atom. The first-order chi connectivity index (χ1) is 14.8. The Kier molecular flexibility index (Phi) is 9.43. The molecule has 1 saturated heterocycles. The number of benzene rings is 1. The van der Waals surface area contributed by atoms with Gasteiger partial charge in [0.25, 0.3) is 10.2 Å². The molecule has 1 aromatic carbocycles. The highest BCUT2D eigenvalue weighted by Gasteiger charge is 2.32. The summed E-state index contributed by atoms with van der Waals surface area (Å²) in [5.74, 6) is -0.376. The van der Waals surface area contributed by atoms with E-state index < -0.39 is 10.2 Å². The summed E-state index contributed by atoms with van der Waals surface area (Å²) in [6, 6.07) is 11.1. The van der Waals surface area contributed by atoms with Crippen molar-refractivity contribution in [2.75, 3.05) is 50.7 Å². The van der Waals surface area contributed by atoms with E-state index >= 15 is 0 Å². The number of rotatable bonds is 10. The molecule has 1 aliphatic rings. The first-order valence-electron chi connectivity index (χ1n) is 10.6. The number of carbonyl (C=O) groups excluding carboxylic acids is 2. The highest BCUT2D eigenvalue weighted by Crippen LogP contribution is 2.17. The molecule has 1 aliphatic heterocycles. The van der Waals surface area contributed by atoms with Crippen molar-refractivity contribution in [3.8, 4) is 6.07 Å². The van der Waals surface area contributed by atoms with Gasteiger partial charge >= 0.3 is 0 Å². The van der Waals surface area contributed by atoms with Crippen molar-refractivity contribution in [1.82, 2.24) is 13.5 Å². The molecule has 0 radical (unpaired) electrons. The lowest BCUT2D eigenvalue weighted by Crippen LogP contribution is -2.54. The smallest absolute Gasteiger partial charge is 0.282 e. The monoisotopic (exact) mass is 449 g/mol. The van der Waals surface area contributed by atoms with Gasteiger partial charge in [0.2, 0.25) is 11.8 Å². The highest BCUT2D eigenvalue weighted by molar-refractivity contribution is 7.86. The predicted molar refractivity (Wildman–Crippen MR) is 118 cm³/mol. The fourth-order valence-corrected chi connectivity index (χ4v) is 5.16. The van der Waals surface area contributed by atoms with Gasteiger partial charge in [-0.25, -0.2) is 0 Å². The zero-order valence-electron chi connectivity index (χ0n) is 18.2. The number of nitriles is 1. The van der Waals surface area contributed by atoms with Crippen LogP contribution >= 0.6 is 0 Å². The van der Waals surface area contributed by atoms with E-state index in [9.17, 15) is 18.0 Å². The Hall–Kier alpha value is -2.48. The van der Waals surface area contributed by atoms with E-state index in [1.165, 1.54) is 13.5 Å². The van der Waals surface area contributed by atoms with Crippen molar-refractivity contribution >= 4 is 27.7 Å². The van der Waals surface area contributed by atoms with Crippen LogP contribution in [0.25, 0.3) is 0 Å². The Morgan fingerprint density at radius 2 is 1.65 bits per heavy atom. The van der Waals surface area contributed by atoms with E-state index in [-0.39, 0.29) is 50.7 Å². The largest absolute Gasteiger partial charge is 0.340 e. The molecule has 0 spiro atoms. The second kappa shape index (κ2) is 11.8. The van der Waals surface area contributed by atoms with E-state index in [4.69, 9.17) is 5.26 Å². The maximum atomic E-state index is 12.7. The van der Waals surface area contributed by atoms with E-state index in [0.717, 1.165) is 0 Å². The van der Waals surface area contributed by atoms with Crippen LogP contribution in [0.15, 0.2) is 30.3 Å². The van der Waals surface area contributed by atoms with Gasteiger partial charge < -0.3 is 9.80 Å². The molecule has 0 atom stereocenters. The number of hydrogen-bond acceptors (Lipinski definition) is 5. The van der Waals surface area contributed by atoms with Crippen molar-refractivity contribution in [2.24, 2.45) is 0 Å². The molecule has 170 valence electrons. The van der Waals surface area contributed by atoms with Crippen LogP contribution in [0.3, 0.4) is 0 Å². The third-order valence-corrected chi connectivity index (χ3v) is 7.50. The van der Waals surface area contributed by atoms with Crippen molar-refractivity contribution < 1.29 is 18.0 Å². The number of nitrogens with zero attached hydrogens (tertiary/aromatic N) is 5. The summed E-state index contributed by atoms with van der Waals surface area (Å²) in [7, 11) is -3.51. The summed E-state index contributed by atoms with van der Waals surface area (Å²) in [4.78, 5) is 28.5. The van der Waals surface area contributed by atoms with Gasteiger partial charge in [0, 0.05) is 64.3 Å². The van der Waals surface area contributed by atoms with Crippen molar-refractivity contribution in [3.05, 3.63) is 30.3 Å². The standard InChI is InChI=1S/C21H31N5O4S/c1-3-24(4-2)31(29,30)25-17-15-23(16-18-25)20(27)11-12-21(28)26(14-8-13-22)19-9-6-5-7-10-19/h5-7,9-10H,3-4,8,11-12,14-18H2,1-2H3. The molecule has 1 aromatic rings. The normalized spacial score (nSPS) is 15.0. The van der Waals surface area contributed by atoms with Crippen LogP contribution < -0.4 is 4.90 Å². The van der Waals surface area contributed by atoms with Gasteiger partial charge in [-0.05, 0) is 12.1 Å². The van der Waals surface area contributed by atoms with Crippen LogP contribution in [0.1, 0.15) is 33.1 Å². The molecular formula is C21H31N5O4S. The van der Waals surface area contributed by atoms with Crippen molar-refractivity contribution in [2.45, 2.75) is 33.1 Å². The van der Waals surface area contributed by atoms with E-state index in [1.807, 2.05) is 24.3 Å². The second-order valence-electron chi connectivity index (χ2n) is 7.16. The number of amides is 2. The number of anilines is 1. The van der Waals surface area contributed by atoms with E-state index in [1.54, 1.807) is 30.9 Å². The zero-order chi connectivity index (χ0) is 22.9. The molecule has 0 saturated carbocycles. The molecule has 0 aliphatic carbocycles. The molecule has 10 heteroatoms. The molecule has 2 rings (SSSR count). The van der Waals surface area contributed by atoms with Gasteiger partial charge in [-0.2, -0.15) is 22.3 Å². The van der Waals surface area contributed by atoms with Gasteiger partial charge in [0.1, 0.15) is 0 Å². The average molecular weight is 450 g/mol. The minimum Gasteiger partial charge on any atom is -0.340 e. The Bertz CT molecular complexity index is 873. The Labute approximate surface area is 185 Å². The van der Waals surface area contributed by atoms with Gasteiger partial charge in [0.05, 0.1) is 12.5 Å². The zero-order valence-corrected chi connectivity index (χ0v) is 19.1. The van der Waals surface area contributed by atoms with Gasteiger partial charge in [-0.15, -0.1) is 0 Å². The minimum atomic E-state index is -3.51. The Balaban J connectivity index is 1.90. The lowest BCUT2D eigenvalue weighted by molar-refractivity contribution is -0.134. The minimum absolute atomic E-state index is 0.0388. The average Bonchev–Trinajstić information content (AvgIpc) is 2.79. The summed E-state index contributed by atoms with van der Waals surface area (Å²) < 4.78 is 28.0. The maximum absolute atomic E-state index is 12.7. The molecule has 0 bridgehead atoms. The first kappa shape index (κ1) is 24.8. The molecule has 2 amide bonds. The molecule has 31 heavy (non-hydrogen) atoms. The van der Waals surface area contributed by atoms with Gasteiger partial charge in [-0.3, -0.25) is 9.59 Å². The predicted octanol–water partition coefficient (Wildman–Crippen LogP) is 1.44. The number of piperazine rings is 1. The van der Waals surface area contributed by atoms with Crippen molar-refractivity contribution in [3.63, 3.8) is 0 Å². The van der Waals surface area contributed by atoms with Crippen LogP contribution in [0.5, 0.6) is 0 Å². The van der Waals surface area contributed by atoms with Crippen LogP contribution in [0.2, 0.25) is 0 Å². The molecule has 1 heterocycles. The summed E-state index contributed by atoms with van der Waals surface area (Å²) in [5.41, 5.74) is 0.699. The lowest BCUT2D eigenvalue weighted by Gasteiger charge is -2.36. The summed E-state index contributed by atoms with van der Waals surface area (Å²) >= 11 is 0. The summed E-state index contributed by atoms with van der Waals surface area (Å²) in [6.07, 6.45) is 0.298. The highest BCUT2D eigenvalue weighted by atomic mass is 32.2. The number of hydrogen-bond donors (Lipinski definition) is 0. The quantitative estimate of drug-likeness (QED) is 0.538. The molecule has 9 nitrogen and oxygen atoms in total. The first-order valence-corrected chi connectivity index (χ1v) is 12.0. The SMILES string of the molecule is CCN(CC)S(=O)(=O)N1CCN(C(=O)CCC(=O)N(CCC#N)c2ccccc2)CC1. The lowest BCUT2D eigenvalue weighted by atomic mass is 10.2. The molecule has 0 aromatic heterocycles. The number of carbonyl (C=O) groups is 2. The van der Waals surface area contributed by atoms with Crippen LogP contribution in [-0.2, 0) is 19.8 Å². The van der Waals surface area contributed by atoms with Crippen molar-refractivity contribution in [1.29, 1.82) is 5.26 Å². The third kappa shape index (κ3) is 6.50. The van der Waals surface area contributed by atoms with E-state index in [0.29, 0.717) is 31.9 Å². The van der Waals surface area contributed by atoms with Gasteiger partial charge in [-0.1, -0.05) is 32.0 Å². The topological polar surface area (TPSA) is 105 Å². The number of para-hydroxylation sites is 1. The van der Waals surface area contributed by atoms with Gasteiger partial charge in [0.15, 0.2) is 0 Å². The fraction of sp³-hybridized carbons (Fsp3) is 0.571. The molecule has 0 unspecified atom stereocenters. The van der Waals surface area contributed by atoms with E-state index in [2.05, 4.69) is 0 Å². The Morgan fingerprint density at radius 1 is 1.03 bits per heavy atom. The molecule has 0 N–H and O–H groups in total. The summed E-state index contributed by atoms with van der Waals surface area (Å²) in [6.45, 7) is 5.80. The molecule has 1 fully saturated rings. The summed E-state index contributed by atoms with van der Waals surface area (Å²) in [5, 5.41) is 8.88. The second-order valence-corrected chi connectivity index (χ2v) is 9.09. The van der Waals surface area contributed by atoms with Crippen LogP contribution in [0.4, 0.5) is 5.69 Å². The maximum Gasteiger partial charge on any atom is 0.282 e. The molecular weight excluding hydrogens is 418 g/mol. The van der Waals surface area contributed by atoms with Crippen LogP contribution in [0, 0.1) is 11.3 Å².